The van der Waals surface area contributed by atoms with Crippen LogP contribution in [0.4, 0.5) is 5.69 Å². The van der Waals surface area contributed by atoms with Crippen LogP contribution in [0.2, 0.25) is 0 Å². The molecule has 1 saturated heterocycles. The lowest BCUT2D eigenvalue weighted by atomic mass is 10.2. The minimum Gasteiger partial charge on any atom is -0.380 e. The van der Waals surface area contributed by atoms with E-state index in [1.165, 1.54) is 0 Å². The second kappa shape index (κ2) is 5.67. The molecule has 0 radical (unpaired) electrons. The van der Waals surface area contributed by atoms with Crippen LogP contribution in [0.25, 0.3) is 0 Å². The Bertz CT molecular complexity index is 475. The Morgan fingerprint density at radius 2 is 2.39 bits per heavy atom. The van der Waals surface area contributed by atoms with E-state index in [4.69, 9.17) is 0 Å². The minimum atomic E-state index is -3.06. The third kappa shape index (κ3) is 3.20. The summed E-state index contributed by atoms with van der Waals surface area (Å²) in [5.41, 5.74) is 0.942. The largest absolute Gasteiger partial charge is 0.380 e. The average Bonchev–Trinajstić information content (AvgIpc) is 2.79. The van der Waals surface area contributed by atoms with E-state index in [0.717, 1.165) is 12.1 Å². The van der Waals surface area contributed by atoms with Gasteiger partial charge in [0, 0.05) is 31.5 Å². The molecule has 1 fully saturated rings. The van der Waals surface area contributed by atoms with Gasteiger partial charge in [0.05, 0.1) is 11.4 Å². The van der Waals surface area contributed by atoms with Crippen LogP contribution >= 0.6 is 0 Å². The second-order valence-corrected chi connectivity index (χ2v) is 6.63. The van der Waals surface area contributed by atoms with Gasteiger partial charge in [0.25, 0.3) is 0 Å². The van der Waals surface area contributed by atoms with E-state index in [0.29, 0.717) is 19.5 Å². The van der Waals surface area contributed by atoms with Gasteiger partial charge >= 0.3 is 0 Å². The number of pyridine rings is 1. The van der Waals surface area contributed by atoms with Gasteiger partial charge in [-0.1, -0.05) is 6.92 Å². The first kappa shape index (κ1) is 13.3. The standard InChI is InChI=1S/C12H19N3O2S/c1-2-8-18(16,17)15-7-5-12(10-15)14-11-4-3-6-13-9-11/h3-4,6,9,12,14H,2,5,7-8,10H2,1H3. The van der Waals surface area contributed by atoms with Crippen LogP contribution in [0.15, 0.2) is 24.5 Å². The van der Waals surface area contributed by atoms with Crippen LogP contribution in [-0.4, -0.2) is 42.6 Å². The smallest absolute Gasteiger partial charge is 0.214 e. The van der Waals surface area contributed by atoms with E-state index in [2.05, 4.69) is 10.3 Å². The van der Waals surface area contributed by atoms with Crippen molar-refractivity contribution >= 4 is 15.7 Å². The predicted octanol–water partition coefficient (Wildman–Crippen LogP) is 1.31. The fourth-order valence-corrected chi connectivity index (χ4v) is 3.73. The summed E-state index contributed by atoms with van der Waals surface area (Å²) in [4.78, 5) is 4.03. The van der Waals surface area contributed by atoms with Crippen LogP contribution in [0.3, 0.4) is 0 Å². The lowest BCUT2D eigenvalue weighted by Crippen LogP contribution is -2.33. The van der Waals surface area contributed by atoms with Crippen LogP contribution in [0.1, 0.15) is 19.8 Å². The highest BCUT2D eigenvalue weighted by atomic mass is 32.2. The lowest BCUT2D eigenvalue weighted by molar-refractivity contribution is 0.474. The average molecular weight is 269 g/mol. The van der Waals surface area contributed by atoms with Crippen molar-refractivity contribution in [3.8, 4) is 0 Å². The first-order chi connectivity index (χ1) is 8.62. The summed E-state index contributed by atoms with van der Waals surface area (Å²) in [5.74, 6) is 0.243. The Labute approximate surface area is 108 Å². The molecule has 100 valence electrons. The van der Waals surface area contributed by atoms with Crippen molar-refractivity contribution in [1.82, 2.24) is 9.29 Å². The van der Waals surface area contributed by atoms with E-state index in [1.54, 1.807) is 16.7 Å². The molecule has 2 rings (SSSR count). The van der Waals surface area contributed by atoms with Gasteiger partial charge in [-0.3, -0.25) is 4.98 Å². The number of hydrogen-bond donors (Lipinski definition) is 1. The Morgan fingerprint density at radius 3 is 3.06 bits per heavy atom. The fraction of sp³-hybridized carbons (Fsp3) is 0.583. The molecule has 5 nitrogen and oxygen atoms in total. The van der Waals surface area contributed by atoms with Crippen molar-refractivity contribution in [1.29, 1.82) is 0 Å². The van der Waals surface area contributed by atoms with Crippen molar-refractivity contribution in [3.63, 3.8) is 0 Å². The van der Waals surface area contributed by atoms with Gasteiger partial charge in [0.1, 0.15) is 0 Å². The molecule has 2 heterocycles. The molecule has 18 heavy (non-hydrogen) atoms. The van der Waals surface area contributed by atoms with Gasteiger partial charge in [-0.15, -0.1) is 0 Å². The molecule has 0 saturated carbocycles. The first-order valence-corrected chi connectivity index (χ1v) is 7.87. The molecule has 0 bridgehead atoms. The van der Waals surface area contributed by atoms with Gasteiger partial charge in [-0.25, -0.2) is 8.42 Å². The maximum atomic E-state index is 11.9. The molecular weight excluding hydrogens is 250 g/mol. The van der Waals surface area contributed by atoms with Gasteiger partial charge in [-0.05, 0) is 25.0 Å². The number of sulfonamides is 1. The van der Waals surface area contributed by atoms with Gasteiger partial charge in [0.2, 0.25) is 10.0 Å². The van der Waals surface area contributed by atoms with Crippen LogP contribution < -0.4 is 5.32 Å². The molecule has 0 aliphatic carbocycles. The van der Waals surface area contributed by atoms with Gasteiger partial charge < -0.3 is 5.32 Å². The Morgan fingerprint density at radius 1 is 1.56 bits per heavy atom. The normalized spacial score (nSPS) is 21.1. The monoisotopic (exact) mass is 269 g/mol. The van der Waals surface area contributed by atoms with Crippen molar-refractivity contribution < 1.29 is 8.42 Å². The zero-order valence-electron chi connectivity index (χ0n) is 10.5. The molecular formula is C12H19N3O2S. The SMILES string of the molecule is CCCS(=O)(=O)N1CCC(Nc2cccnc2)C1. The molecule has 0 amide bonds. The molecule has 1 unspecified atom stereocenters. The van der Waals surface area contributed by atoms with Crippen LogP contribution in [0.5, 0.6) is 0 Å². The number of aromatic nitrogens is 1. The van der Waals surface area contributed by atoms with E-state index in [-0.39, 0.29) is 11.8 Å². The highest BCUT2D eigenvalue weighted by molar-refractivity contribution is 7.89. The molecule has 1 atom stereocenters. The summed E-state index contributed by atoms with van der Waals surface area (Å²) in [6.07, 6.45) is 4.98. The molecule has 1 aromatic heterocycles. The van der Waals surface area contributed by atoms with Crippen molar-refractivity contribution in [2.75, 3.05) is 24.2 Å². The number of hydrogen-bond acceptors (Lipinski definition) is 4. The second-order valence-electron chi connectivity index (χ2n) is 4.55. The molecule has 1 aliphatic heterocycles. The molecule has 0 spiro atoms. The summed E-state index contributed by atoms with van der Waals surface area (Å²) in [5, 5.41) is 3.32. The van der Waals surface area contributed by atoms with Gasteiger partial charge in [0.15, 0.2) is 0 Å². The topological polar surface area (TPSA) is 62.3 Å². The summed E-state index contributed by atoms with van der Waals surface area (Å²) < 4.78 is 25.4. The maximum absolute atomic E-state index is 11.9. The Balaban J connectivity index is 1.93. The minimum absolute atomic E-state index is 0.181. The number of nitrogens with zero attached hydrogens (tertiary/aromatic N) is 2. The Hall–Kier alpha value is -1.14. The van der Waals surface area contributed by atoms with Crippen LogP contribution in [0, 0.1) is 0 Å². The molecule has 6 heteroatoms. The zero-order valence-corrected chi connectivity index (χ0v) is 11.4. The fourth-order valence-electron chi connectivity index (χ4n) is 2.17. The highest BCUT2D eigenvalue weighted by Crippen LogP contribution is 2.18. The van der Waals surface area contributed by atoms with E-state index in [1.807, 2.05) is 19.1 Å². The molecule has 1 aliphatic rings. The number of anilines is 1. The summed E-state index contributed by atoms with van der Waals surface area (Å²) in [6, 6.07) is 3.99. The highest BCUT2D eigenvalue weighted by Gasteiger charge is 2.30. The van der Waals surface area contributed by atoms with Gasteiger partial charge in [-0.2, -0.15) is 4.31 Å². The number of nitrogens with one attached hydrogen (secondary N) is 1. The molecule has 1 N–H and O–H groups in total. The Kier molecular flexibility index (Phi) is 4.19. The summed E-state index contributed by atoms with van der Waals surface area (Å²) >= 11 is 0. The van der Waals surface area contributed by atoms with Crippen molar-refractivity contribution in [2.24, 2.45) is 0 Å². The molecule has 1 aromatic rings. The first-order valence-electron chi connectivity index (χ1n) is 6.26. The number of rotatable bonds is 5. The third-order valence-electron chi connectivity index (χ3n) is 3.04. The maximum Gasteiger partial charge on any atom is 0.214 e. The third-order valence-corrected chi connectivity index (χ3v) is 5.08. The van der Waals surface area contributed by atoms with E-state index >= 15 is 0 Å². The van der Waals surface area contributed by atoms with Crippen molar-refractivity contribution in [2.45, 2.75) is 25.8 Å². The zero-order chi connectivity index (χ0) is 13.0. The predicted molar refractivity (Wildman–Crippen MR) is 71.9 cm³/mol. The van der Waals surface area contributed by atoms with Crippen LogP contribution in [-0.2, 0) is 10.0 Å². The molecule has 0 aromatic carbocycles. The van der Waals surface area contributed by atoms with E-state index < -0.39 is 10.0 Å². The summed E-state index contributed by atoms with van der Waals surface area (Å²) in [7, 11) is -3.06. The van der Waals surface area contributed by atoms with Crippen molar-refractivity contribution in [3.05, 3.63) is 24.5 Å². The lowest BCUT2D eigenvalue weighted by Gasteiger charge is -2.17. The van der Waals surface area contributed by atoms with E-state index in [9.17, 15) is 8.42 Å². The summed E-state index contributed by atoms with van der Waals surface area (Å²) in [6.45, 7) is 3.05. The quantitative estimate of drug-likeness (QED) is 0.875.